The number of aryl methyl sites for hydroxylation is 1. The molecule has 3 atom stereocenters. The lowest BCUT2D eigenvalue weighted by molar-refractivity contribution is -0.117. The van der Waals surface area contributed by atoms with E-state index in [4.69, 9.17) is 9.78 Å². The Morgan fingerprint density at radius 1 is 1.14 bits per heavy atom. The van der Waals surface area contributed by atoms with Crippen molar-refractivity contribution >= 4 is 17.6 Å². The number of rotatable bonds is 5. The topological polar surface area (TPSA) is 134 Å². The van der Waals surface area contributed by atoms with Gasteiger partial charge in [0.05, 0.1) is 23.9 Å². The molecule has 0 saturated heterocycles. The zero-order valence-electron chi connectivity index (χ0n) is 21.2. The number of carbonyl (C=O) groups excluding carboxylic acids is 2. The molecule has 2 N–H and O–H groups in total. The second-order valence-corrected chi connectivity index (χ2v) is 10.9. The molecular weight excluding hydrogens is 468 g/mol. The number of carbonyl (C=O) groups is 2. The summed E-state index contributed by atoms with van der Waals surface area (Å²) in [5, 5.41) is 18.9. The molecule has 2 aliphatic rings. The highest BCUT2D eigenvalue weighted by Crippen LogP contribution is 2.38. The van der Waals surface area contributed by atoms with Crippen LogP contribution in [0, 0.1) is 23.2 Å². The molecule has 5 rings (SSSR count). The van der Waals surface area contributed by atoms with E-state index in [0.29, 0.717) is 18.1 Å². The van der Waals surface area contributed by atoms with Crippen LogP contribution in [0.2, 0.25) is 0 Å². The Kier molecular flexibility index (Phi) is 6.50. The van der Waals surface area contributed by atoms with Crippen LogP contribution < -0.4 is 10.6 Å². The summed E-state index contributed by atoms with van der Waals surface area (Å²) in [5.74, 6) is -0.0185. The second kappa shape index (κ2) is 9.77. The number of hydrogen-bond acceptors (Lipinski definition) is 7. The van der Waals surface area contributed by atoms with Crippen molar-refractivity contribution in [1.29, 1.82) is 5.26 Å². The van der Waals surface area contributed by atoms with Crippen LogP contribution in [0.3, 0.4) is 0 Å². The van der Waals surface area contributed by atoms with Crippen molar-refractivity contribution in [3.63, 3.8) is 0 Å². The van der Waals surface area contributed by atoms with E-state index in [1.807, 2.05) is 39.0 Å². The molecule has 0 spiro atoms. The van der Waals surface area contributed by atoms with Crippen molar-refractivity contribution in [2.24, 2.45) is 11.8 Å². The summed E-state index contributed by atoms with van der Waals surface area (Å²) in [6.45, 7) is 5.90. The first-order valence-electron chi connectivity index (χ1n) is 12.7. The number of pyridine rings is 1. The van der Waals surface area contributed by atoms with Crippen molar-refractivity contribution < 1.29 is 14.1 Å². The van der Waals surface area contributed by atoms with Crippen molar-refractivity contribution in [3.8, 4) is 17.2 Å². The lowest BCUT2D eigenvalue weighted by Crippen LogP contribution is -2.29. The fraction of sp³-hybridized carbons (Fsp3) is 0.429. The molecule has 1 saturated carbocycles. The highest BCUT2D eigenvalue weighted by atomic mass is 16.5. The predicted molar refractivity (Wildman–Crippen MR) is 136 cm³/mol. The number of nitrogens with one attached hydrogen (secondary N) is 2. The molecule has 2 heterocycles. The van der Waals surface area contributed by atoms with Gasteiger partial charge in [-0.15, -0.1) is 0 Å². The maximum absolute atomic E-state index is 12.9. The molecule has 37 heavy (non-hydrogen) atoms. The van der Waals surface area contributed by atoms with E-state index in [-0.39, 0.29) is 41.0 Å². The Labute approximate surface area is 215 Å². The first-order chi connectivity index (χ1) is 17.7. The summed E-state index contributed by atoms with van der Waals surface area (Å²) in [6.07, 6.45) is 6.03. The minimum absolute atomic E-state index is 0.0222. The van der Waals surface area contributed by atoms with Gasteiger partial charge in [-0.3, -0.25) is 9.59 Å². The molecule has 0 unspecified atom stereocenters. The van der Waals surface area contributed by atoms with Gasteiger partial charge in [0.2, 0.25) is 5.91 Å². The fourth-order valence-electron chi connectivity index (χ4n) is 4.68. The van der Waals surface area contributed by atoms with Gasteiger partial charge in [-0.25, -0.2) is 4.98 Å². The maximum atomic E-state index is 12.9. The molecule has 2 aliphatic carbocycles. The maximum Gasteiger partial charge on any atom is 0.315 e. The Morgan fingerprint density at radius 2 is 1.95 bits per heavy atom. The van der Waals surface area contributed by atoms with E-state index in [2.05, 4.69) is 44.0 Å². The van der Waals surface area contributed by atoms with Crippen LogP contribution >= 0.6 is 0 Å². The molecule has 0 radical (unpaired) electrons. The van der Waals surface area contributed by atoms with Crippen molar-refractivity contribution in [3.05, 3.63) is 59.4 Å². The molecule has 9 heteroatoms. The van der Waals surface area contributed by atoms with Gasteiger partial charge in [0, 0.05) is 11.6 Å². The van der Waals surface area contributed by atoms with Gasteiger partial charge in [0.1, 0.15) is 5.82 Å². The molecule has 190 valence electrons. The number of aromatic nitrogens is 3. The molecule has 0 aliphatic heterocycles. The number of hydrogen-bond donors (Lipinski definition) is 2. The molecule has 1 aromatic carbocycles. The summed E-state index contributed by atoms with van der Waals surface area (Å²) < 4.78 is 5.24. The minimum Gasteiger partial charge on any atom is -0.341 e. The summed E-state index contributed by atoms with van der Waals surface area (Å²) in [7, 11) is 0. The Morgan fingerprint density at radius 3 is 2.68 bits per heavy atom. The summed E-state index contributed by atoms with van der Waals surface area (Å²) in [6, 6.07) is 12.0. The van der Waals surface area contributed by atoms with Gasteiger partial charge < -0.3 is 15.2 Å². The zero-order chi connectivity index (χ0) is 26.2. The normalized spacial score (nSPS) is 20.8. The van der Waals surface area contributed by atoms with Gasteiger partial charge in [-0.05, 0) is 60.1 Å². The number of amides is 2. The van der Waals surface area contributed by atoms with Gasteiger partial charge in [0.15, 0.2) is 5.82 Å². The van der Waals surface area contributed by atoms with Crippen LogP contribution in [0.1, 0.15) is 80.1 Å². The van der Waals surface area contributed by atoms with Crippen LogP contribution in [-0.4, -0.2) is 26.9 Å². The first-order valence-corrected chi connectivity index (χ1v) is 12.7. The molecule has 2 amide bonds. The average molecular weight is 499 g/mol. The summed E-state index contributed by atoms with van der Waals surface area (Å²) in [5.41, 5.74) is 3.91. The Bertz CT molecular complexity index is 1380. The molecule has 3 aromatic rings. The van der Waals surface area contributed by atoms with Crippen LogP contribution in [-0.2, 0) is 16.6 Å². The largest absolute Gasteiger partial charge is 0.341 e. The van der Waals surface area contributed by atoms with E-state index < -0.39 is 0 Å². The van der Waals surface area contributed by atoms with Crippen molar-refractivity contribution in [2.75, 3.05) is 5.32 Å². The second-order valence-electron chi connectivity index (χ2n) is 10.9. The fourth-order valence-corrected chi connectivity index (χ4v) is 4.68. The number of fused-ring (bicyclic) bond motifs is 1. The summed E-state index contributed by atoms with van der Waals surface area (Å²) in [4.78, 5) is 33.8. The van der Waals surface area contributed by atoms with Crippen LogP contribution in [0.4, 0.5) is 5.82 Å². The number of benzene rings is 1. The third-order valence-electron chi connectivity index (χ3n) is 6.94. The molecular formula is C28H30N6O3. The zero-order valence-corrected chi connectivity index (χ0v) is 21.2. The Hall–Kier alpha value is -4.06. The van der Waals surface area contributed by atoms with Crippen LogP contribution in [0.5, 0.6) is 0 Å². The van der Waals surface area contributed by atoms with E-state index >= 15 is 0 Å². The van der Waals surface area contributed by atoms with E-state index in [1.165, 1.54) is 5.56 Å². The smallest absolute Gasteiger partial charge is 0.315 e. The van der Waals surface area contributed by atoms with Crippen LogP contribution in [0.25, 0.3) is 11.1 Å². The van der Waals surface area contributed by atoms with Gasteiger partial charge in [-0.1, -0.05) is 50.5 Å². The van der Waals surface area contributed by atoms with Gasteiger partial charge in [0.25, 0.3) is 0 Å². The van der Waals surface area contributed by atoms with Crippen LogP contribution in [0.15, 0.2) is 41.1 Å². The SMILES string of the molecule is CC(C)(C)c1noc(C(=O)N[C@@H]2CCCCc3cc(-c4ccnc(NC(=O)[C@@H]5C[C@@H]5C#N)c4)ccc32)n1. The molecule has 0 bridgehead atoms. The average Bonchev–Trinajstić information content (AvgIpc) is 3.55. The number of anilines is 1. The molecule has 2 aromatic heterocycles. The van der Waals surface area contributed by atoms with E-state index in [9.17, 15) is 9.59 Å². The van der Waals surface area contributed by atoms with Gasteiger partial charge in [-0.2, -0.15) is 10.2 Å². The lowest BCUT2D eigenvalue weighted by atomic mass is 9.94. The van der Waals surface area contributed by atoms with Crippen molar-refractivity contribution in [2.45, 2.75) is 64.3 Å². The lowest BCUT2D eigenvalue weighted by Gasteiger charge is -2.19. The first kappa shape index (κ1) is 24.6. The minimum atomic E-state index is -0.367. The predicted octanol–water partition coefficient (Wildman–Crippen LogP) is 4.72. The third-order valence-corrected chi connectivity index (χ3v) is 6.94. The van der Waals surface area contributed by atoms with E-state index in [1.54, 1.807) is 6.20 Å². The third kappa shape index (κ3) is 5.38. The number of nitriles is 1. The quantitative estimate of drug-likeness (QED) is 0.486. The molecule has 9 nitrogen and oxygen atoms in total. The standard InChI is InChI=1S/C28H30N6O3/c1-28(2,3)27-33-26(37-34-27)25(36)31-22-7-5-4-6-18-12-16(8-9-20(18)22)17-10-11-30-23(14-17)32-24(35)21-13-19(21)15-29/h8-12,14,19,21-22H,4-7,13H2,1-3H3,(H,31,36)(H,30,32,35)/t19-,21-,22-/m1/s1. The number of nitrogens with zero attached hydrogens (tertiary/aromatic N) is 4. The summed E-state index contributed by atoms with van der Waals surface area (Å²) >= 11 is 0. The highest BCUT2D eigenvalue weighted by Gasteiger charge is 2.43. The van der Waals surface area contributed by atoms with E-state index in [0.717, 1.165) is 42.4 Å². The molecule has 1 fully saturated rings. The highest BCUT2D eigenvalue weighted by molar-refractivity contribution is 5.94. The Balaban J connectivity index is 1.33. The monoisotopic (exact) mass is 498 g/mol. The van der Waals surface area contributed by atoms with Crippen molar-refractivity contribution in [1.82, 2.24) is 20.4 Å². The van der Waals surface area contributed by atoms with Gasteiger partial charge >= 0.3 is 11.8 Å².